The molecule has 1 saturated heterocycles. The molecule has 2 aromatic rings. The highest BCUT2D eigenvalue weighted by molar-refractivity contribution is 5.49. The van der Waals surface area contributed by atoms with Crippen LogP contribution in [0.15, 0.2) is 29.3 Å². The number of pyridine rings is 1. The summed E-state index contributed by atoms with van der Waals surface area (Å²) in [6.45, 7) is 5.99. The molecule has 1 unspecified atom stereocenters. The molecule has 0 bridgehead atoms. The van der Waals surface area contributed by atoms with Crippen LogP contribution >= 0.6 is 0 Å². The van der Waals surface area contributed by atoms with Gasteiger partial charge in [0.2, 0.25) is 0 Å². The minimum absolute atomic E-state index is 0.0762. The van der Waals surface area contributed by atoms with Crippen LogP contribution in [0.5, 0.6) is 0 Å². The summed E-state index contributed by atoms with van der Waals surface area (Å²) in [5, 5.41) is 0. The highest BCUT2D eigenvalue weighted by Gasteiger charge is 2.23. The van der Waals surface area contributed by atoms with Crippen molar-refractivity contribution in [1.29, 1.82) is 0 Å². The molecule has 5 nitrogen and oxygen atoms in total. The van der Waals surface area contributed by atoms with Crippen LogP contribution in [0.3, 0.4) is 0 Å². The van der Waals surface area contributed by atoms with Crippen LogP contribution in [-0.2, 0) is 0 Å². The predicted octanol–water partition coefficient (Wildman–Crippen LogP) is 2.17. The van der Waals surface area contributed by atoms with Gasteiger partial charge in [0.1, 0.15) is 0 Å². The Labute approximate surface area is 124 Å². The van der Waals surface area contributed by atoms with E-state index in [1.165, 1.54) is 12.0 Å². The first-order valence-electron chi connectivity index (χ1n) is 7.37. The molecule has 0 aliphatic carbocycles. The molecule has 2 aromatic heterocycles. The fourth-order valence-electron chi connectivity index (χ4n) is 3.06. The third kappa shape index (κ3) is 3.12. The van der Waals surface area contributed by atoms with E-state index in [2.05, 4.69) is 32.0 Å². The SMILES string of the molecule is Cc1cc(N2CCCC(c3cc(=O)[nH]cn3)C2)cc(C)n1. The lowest BCUT2D eigenvalue weighted by molar-refractivity contribution is 0.500. The highest BCUT2D eigenvalue weighted by atomic mass is 16.1. The maximum Gasteiger partial charge on any atom is 0.250 e. The Hall–Kier alpha value is -2.17. The standard InChI is InChI=1S/C16H20N4O/c1-11-6-14(7-12(2)19-11)20-5-3-4-13(9-20)15-8-16(21)18-10-17-15/h6-8,10,13H,3-5,9H2,1-2H3,(H,17,18,21). The van der Waals surface area contributed by atoms with Gasteiger partial charge in [-0.3, -0.25) is 9.78 Å². The van der Waals surface area contributed by atoms with Crippen LogP contribution in [0.25, 0.3) is 0 Å². The lowest BCUT2D eigenvalue weighted by Gasteiger charge is -2.34. The smallest absolute Gasteiger partial charge is 0.250 e. The molecule has 1 N–H and O–H groups in total. The lowest BCUT2D eigenvalue weighted by Crippen LogP contribution is -2.35. The zero-order valence-electron chi connectivity index (χ0n) is 12.5. The number of hydrogen-bond acceptors (Lipinski definition) is 4. The van der Waals surface area contributed by atoms with Crippen LogP contribution in [0.4, 0.5) is 5.69 Å². The Morgan fingerprint density at radius 2 is 2.00 bits per heavy atom. The Balaban J connectivity index is 1.84. The maximum absolute atomic E-state index is 11.5. The van der Waals surface area contributed by atoms with Gasteiger partial charge in [-0.25, -0.2) is 4.98 Å². The second-order valence-corrected chi connectivity index (χ2v) is 5.73. The second-order valence-electron chi connectivity index (χ2n) is 5.73. The van der Waals surface area contributed by atoms with Crippen LogP contribution in [0, 0.1) is 13.8 Å². The van der Waals surface area contributed by atoms with E-state index in [1.54, 1.807) is 6.07 Å². The van der Waals surface area contributed by atoms with Crippen molar-refractivity contribution in [2.24, 2.45) is 0 Å². The van der Waals surface area contributed by atoms with Crippen molar-refractivity contribution in [2.75, 3.05) is 18.0 Å². The summed E-state index contributed by atoms with van der Waals surface area (Å²) in [7, 11) is 0. The number of aromatic amines is 1. The van der Waals surface area contributed by atoms with Crippen molar-refractivity contribution < 1.29 is 0 Å². The van der Waals surface area contributed by atoms with Gasteiger partial charge in [0.25, 0.3) is 5.56 Å². The zero-order chi connectivity index (χ0) is 14.8. The van der Waals surface area contributed by atoms with E-state index >= 15 is 0 Å². The molecule has 21 heavy (non-hydrogen) atoms. The molecule has 110 valence electrons. The third-order valence-corrected chi connectivity index (χ3v) is 3.97. The van der Waals surface area contributed by atoms with Crippen molar-refractivity contribution >= 4 is 5.69 Å². The van der Waals surface area contributed by atoms with Crippen LogP contribution in [0.1, 0.15) is 35.8 Å². The number of aromatic nitrogens is 3. The lowest BCUT2D eigenvalue weighted by atomic mass is 9.94. The molecule has 0 radical (unpaired) electrons. The Morgan fingerprint density at radius 1 is 1.24 bits per heavy atom. The predicted molar refractivity (Wildman–Crippen MR) is 82.8 cm³/mol. The summed E-state index contributed by atoms with van der Waals surface area (Å²) in [6, 6.07) is 5.87. The van der Waals surface area contributed by atoms with E-state index in [4.69, 9.17) is 0 Å². The minimum Gasteiger partial charge on any atom is -0.371 e. The molecular weight excluding hydrogens is 264 g/mol. The largest absolute Gasteiger partial charge is 0.371 e. The number of H-pyrrole nitrogens is 1. The second kappa shape index (κ2) is 5.68. The number of hydrogen-bond donors (Lipinski definition) is 1. The first kappa shape index (κ1) is 13.8. The van der Waals surface area contributed by atoms with Gasteiger partial charge in [-0.05, 0) is 38.8 Å². The summed E-state index contributed by atoms with van der Waals surface area (Å²) in [6.07, 6.45) is 3.69. The number of piperidine rings is 1. The van der Waals surface area contributed by atoms with Crippen LogP contribution in [0.2, 0.25) is 0 Å². The highest BCUT2D eigenvalue weighted by Crippen LogP contribution is 2.28. The molecular formula is C16H20N4O. The summed E-state index contributed by atoms with van der Waals surface area (Å²) in [5.74, 6) is 0.315. The van der Waals surface area contributed by atoms with Crippen molar-refractivity contribution in [3.63, 3.8) is 0 Å². The first-order chi connectivity index (χ1) is 10.1. The van der Waals surface area contributed by atoms with Crippen molar-refractivity contribution in [2.45, 2.75) is 32.6 Å². The monoisotopic (exact) mass is 284 g/mol. The molecule has 5 heteroatoms. The van der Waals surface area contributed by atoms with Crippen LogP contribution in [-0.4, -0.2) is 28.0 Å². The fraction of sp³-hybridized carbons (Fsp3) is 0.438. The maximum atomic E-state index is 11.5. The van der Waals surface area contributed by atoms with E-state index in [9.17, 15) is 4.79 Å². The molecule has 0 spiro atoms. The van der Waals surface area contributed by atoms with Gasteiger partial charge in [0, 0.05) is 42.1 Å². The number of nitrogens with zero attached hydrogens (tertiary/aromatic N) is 3. The molecule has 1 aliphatic rings. The number of nitrogens with one attached hydrogen (secondary N) is 1. The summed E-state index contributed by atoms with van der Waals surface area (Å²) < 4.78 is 0. The van der Waals surface area contributed by atoms with E-state index in [1.807, 2.05) is 13.8 Å². The number of anilines is 1. The molecule has 0 amide bonds. The Morgan fingerprint density at radius 3 is 2.71 bits per heavy atom. The summed E-state index contributed by atoms with van der Waals surface area (Å²) in [5.41, 5.74) is 4.12. The van der Waals surface area contributed by atoms with E-state index in [-0.39, 0.29) is 5.56 Å². The van der Waals surface area contributed by atoms with Crippen molar-refractivity contribution in [3.05, 3.63) is 52.0 Å². The first-order valence-corrected chi connectivity index (χ1v) is 7.37. The van der Waals surface area contributed by atoms with Gasteiger partial charge in [0.05, 0.1) is 12.0 Å². The summed E-state index contributed by atoms with van der Waals surface area (Å²) >= 11 is 0. The fourth-order valence-corrected chi connectivity index (χ4v) is 3.06. The van der Waals surface area contributed by atoms with Crippen molar-refractivity contribution in [1.82, 2.24) is 15.0 Å². The van der Waals surface area contributed by atoms with Gasteiger partial charge >= 0.3 is 0 Å². The molecule has 1 aliphatic heterocycles. The van der Waals surface area contributed by atoms with Gasteiger partial charge in [-0.1, -0.05) is 0 Å². The normalized spacial score (nSPS) is 18.8. The third-order valence-electron chi connectivity index (χ3n) is 3.97. The molecule has 1 fully saturated rings. The van der Waals surface area contributed by atoms with E-state index in [0.717, 1.165) is 43.0 Å². The minimum atomic E-state index is -0.0762. The summed E-state index contributed by atoms with van der Waals surface area (Å²) in [4.78, 5) is 25.2. The Bertz CT molecular complexity index is 674. The molecule has 3 heterocycles. The van der Waals surface area contributed by atoms with Gasteiger partial charge < -0.3 is 9.88 Å². The quantitative estimate of drug-likeness (QED) is 0.918. The molecule has 0 aromatic carbocycles. The average molecular weight is 284 g/mol. The zero-order valence-corrected chi connectivity index (χ0v) is 12.5. The van der Waals surface area contributed by atoms with Gasteiger partial charge in [-0.2, -0.15) is 0 Å². The number of aryl methyl sites for hydroxylation is 2. The number of rotatable bonds is 2. The van der Waals surface area contributed by atoms with Crippen LogP contribution < -0.4 is 10.5 Å². The molecule has 3 rings (SSSR count). The average Bonchev–Trinajstić information content (AvgIpc) is 2.46. The van der Waals surface area contributed by atoms with Crippen molar-refractivity contribution in [3.8, 4) is 0 Å². The molecule has 0 saturated carbocycles. The van der Waals surface area contributed by atoms with E-state index < -0.39 is 0 Å². The topological polar surface area (TPSA) is 61.9 Å². The van der Waals surface area contributed by atoms with Gasteiger partial charge in [-0.15, -0.1) is 0 Å². The molecule has 1 atom stereocenters. The van der Waals surface area contributed by atoms with E-state index in [0.29, 0.717) is 5.92 Å². The van der Waals surface area contributed by atoms with Gasteiger partial charge in [0.15, 0.2) is 0 Å². The Kier molecular flexibility index (Phi) is 3.73.